The van der Waals surface area contributed by atoms with E-state index in [9.17, 15) is 10.0 Å². The van der Waals surface area contributed by atoms with E-state index < -0.39 is 0 Å². The highest BCUT2D eigenvalue weighted by Crippen LogP contribution is 2.11. The van der Waals surface area contributed by atoms with Gasteiger partial charge in [-0.1, -0.05) is 58.3 Å². The fourth-order valence-corrected chi connectivity index (χ4v) is 2.38. The van der Waals surface area contributed by atoms with Crippen LogP contribution in [0.25, 0.3) is 0 Å². The zero-order valence-electron chi connectivity index (χ0n) is 14.4. The first-order valence-corrected chi connectivity index (χ1v) is 8.72. The zero-order valence-corrected chi connectivity index (χ0v) is 14.4. The van der Waals surface area contributed by atoms with Crippen LogP contribution in [0.4, 0.5) is 0 Å². The average Bonchev–Trinajstić information content (AvgIpc) is 2.44. The minimum Gasteiger partial charge on any atom is -0.309 e. The van der Waals surface area contributed by atoms with Crippen LogP contribution in [0.2, 0.25) is 0 Å². The summed E-state index contributed by atoms with van der Waals surface area (Å²) < 4.78 is 0. The van der Waals surface area contributed by atoms with Crippen LogP contribution in [0.3, 0.4) is 0 Å². The molecule has 0 bridgehead atoms. The molecule has 4 nitrogen and oxygen atoms in total. The molecule has 0 aromatic carbocycles. The molecule has 0 saturated heterocycles. The monoisotopic (exact) mass is 300 g/mol. The van der Waals surface area contributed by atoms with Crippen molar-refractivity contribution >= 4 is 5.91 Å². The average molecular weight is 300 g/mol. The van der Waals surface area contributed by atoms with Crippen LogP contribution < -0.4 is 0 Å². The van der Waals surface area contributed by atoms with Gasteiger partial charge in [0.15, 0.2) is 0 Å². The maximum atomic E-state index is 11.7. The van der Waals surface area contributed by atoms with Gasteiger partial charge in [-0.15, -0.1) is 0 Å². The van der Waals surface area contributed by atoms with Crippen molar-refractivity contribution in [1.29, 1.82) is 0 Å². The number of hydrogen-bond donors (Lipinski definition) is 1. The lowest BCUT2D eigenvalue weighted by molar-refractivity contribution is -0.165. The molecule has 1 amide bonds. The summed E-state index contributed by atoms with van der Waals surface area (Å²) in [5, 5.41) is 10.5. The van der Waals surface area contributed by atoms with Crippen LogP contribution in [0.5, 0.6) is 0 Å². The van der Waals surface area contributed by atoms with Crippen molar-refractivity contribution in [3.63, 3.8) is 0 Å². The fourth-order valence-electron chi connectivity index (χ4n) is 2.38. The first-order chi connectivity index (χ1) is 10.1. The van der Waals surface area contributed by atoms with E-state index in [0.717, 1.165) is 30.9 Å². The first-order valence-electron chi connectivity index (χ1n) is 8.72. The molecule has 21 heavy (non-hydrogen) atoms. The molecule has 0 radical (unpaired) electrons. The van der Waals surface area contributed by atoms with Gasteiger partial charge in [0.05, 0.1) is 0 Å². The number of carbonyl (C=O) groups is 1. The number of carbonyl (C=O) groups excluding carboxylic acids is 1. The van der Waals surface area contributed by atoms with Gasteiger partial charge in [-0.05, 0) is 33.5 Å². The lowest BCUT2D eigenvalue weighted by Crippen LogP contribution is -2.30. The lowest BCUT2D eigenvalue weighted by Gasteiger charge is -2.16. The maximum absolute atomic E-state index is 11.7. The van der Waals surface area contributed by atoms with E-state index in [1.807, 2.05) is 14.1 Å². The van der Waals surface area contributed by atoms with Crippen molar-refractivity contribution in [3.8, 4) is 0 Å². The predicted octanol–water partition coefficient (Wildman–Crippen LogP) is 4.08. The van der Waals surface area contributed by atoms with Crippen LogP contribution in [0.1, 0.15) is 77.6 Å². The molecule has 0 aliphatic carbocycles. The predicted molar refractivity (Wildman–Crippen MR) is 88.5 cm³/mol. The van der Waals surface area contributed by atoms with Crippen LogP contribution in [-0.4, -0.2) is 48.3 Å². The Hall–Kier alpha value is -0.610. The van der Waals surface area contributed by atoms with Crippen molar-refractivity contribution in [2.45, 2.75) is 77.6 Å². The number of rotatable bonds is 14. The van der Waals surface area contributed by atoms with Crippen LogP contribution >= 0.6 is 0 Å². The Morgan fingerprint density at radius 2 is 1.33 bits per heavy atom. The summed E-state index contributed by atoms with van der Waals surface area (Å²) in [4.78, 5) is 13.7. The Labute approximate surface area is 131 Å². The molecule has 0 fully saturated rings. The zero-order chi connectivity index (χ0) is 15.9. The molecule has 0 unspecified atom stereocenters. The Balaban J connectivity index is 3.36. The van der Waals surface area contributed by atoms with E-state index in [1.165, 1.54) is 44.9 Å². The molecule has 1 N–H and O–H groups in total. The van der Waals surface area contributed by atoms with Gasteiger partial charge in [0.2, 0.25) is 5.91 Å². The van der Waals surface area contributed by atoms with Gasteiger partial charge in [0.25, 0.3) is 0 Å². The van der Waals surface area contributed by atoms with Crippen molar-refractivity contribution in [1.82, 2.24) is 9.96 Å². The normalized spacial score (nSPS) is 11.1. The van der Waals surface area contributed by atoms with E-state index in [0.29, 0.717) is 13.0 Å². The van der Waals surface area contributed by atoms with Crippen LogP contribution in [-0.2, 0) is 4.79 Å². The molecular formula is C17H36N2O2. The van der Waals surface area contributed by atoms with Gasteiger partial charge in [-0.2, -0.15) is 0 Å². The van der Waals surface area contributed by atoms with Crippen molar-refractivity contribution in [3.05, 3.63) is 0 Å². The van der Waals surface area contributed by atoms with Gasteiger partial charge < -0.3 is 4.90 Å². The lowest BCUT2D eigenvalue weighted by atomic mass is 10.1. The van der Waals surface area contributed by atoms with E-state index in [-0.39, 0.29) is 5.91 Å². The standard InChI is InChI=1S/C17H36N2O2/c1-4-5-6-7-8-9-10-11-12-14-17(20)19(21)16-13-15-18(2)3/h21H,4-16H2,1-3H3. The summed E-state index contributed by atoms with van der Waals surface area (Å²) in [5.74, 6) is -0.128. The summed E-state index contributed by atoms with van der Waals surface area (Å²) in [6.45, 7) is 3.57. The highest BCUT2D eigenvalue weighted by Gasteiger charge is 2.09. The largest absolute Gasteiger partial charge is 0.309 e. The van der Waals surface area contributed by atoms with E-state index in [4.69, 9.17) is 0 Å². The summed E-state index contributed by atoms with van der Waals surface area (Å²) in [7, 11) is 3.98. The molecule has 0 atom stereocenters. The Morgan fingerprint density at radius 3 is 1.86 bits per heavy atom. The van der Waals surface area contributed by atoms with E-state index >= 15 is 0 Å². The molecule has 0 aliphatic rings. The van der Waals surface area contributed by atoms with Crippen molar-refractivity contribution in [2.24, 2.45) is 0 Å². The number of hydrogen-bond acceptors (Lipinski definition) is 3. The summed E-state index contributed by atoms with van der Waals surface area (Å²) in [6, 6.07) is 0. The highest BCUT2D eigenvalue weighted by atomic mass is 16.5. The minimum atomic E-state index is -0.128. The molecule has 0 spiro atoms. The molecule has 0 aliphatic heterocycles. The SMILES string of the molecule is CCCCCCCCCCCC(=O)N(O)CCCN(C)C. The molecule has 126 valence electrons. The molecule has 0 rings (SSSR count). The topological polar surface area (TPSA) is 43.8 Å². The van der Waals surface area contributed by atoms with Gasteiger partial charge in [-0.3, -0.25) is 10.0 Å². The van der Waals surface area contributed by atoms with Gasteiger partial charge in [-0.25, -0.2) is 5.06 Å². The third kappa shape index (κ3) is 14.1. The minimum absolute atomic E-state index is 0.128. The number of unbranched alkanes of at least 4 members (excludes halogenated alkanes) is 8. The van der Waals surface area contributed by atoms with Gasteiger partial charge in [0, 0.05) is 13.0 Å². The van der Waals surface area contributed by atoms with Crippen molar-refractivity contribution < 1.29 is 10.0 Å². The van der Waals surface area contributed by atoms with E-state index in [1.54, 1.807) is 0 Å². The third-order valence-corrected chi connectivity index (χ3v) is 3.76. The van der Waals surface area contributed by atoms with Crippen LogP contribution in [0.15, 0.2) is 0 Å². The Morgan fingerprint density at radius 1 is 0.810 bits per heavy atom. The summed E-state index contributed by atoms with van der Waals surface area (Å²) in [5.41, 5.74) is 0. The summed E-state index contributed by atoms with van der Waals surface area (Å²) >= 11 is 0. The Kier molecular flexibility index (Phi) is 13.9. The second-order valence-corrected chi connectivity index (χ2v) is 6.25. The molecule has 4 heteroatoms. The third-order valence-electron chi connectivity index (χ3n) is 3.76. The van der Waals surface area contributed by atoms with E-state index in [2.05, 4.69) is 11.8 Å². The van der Waals surface area contributed by atoms with Gasteiger partial charge in [0.1, 0.15) is 0 Å². The number of amides is 1. The second-order valence-electron chi connectivity index (χ2n) is 6.25. The smallest absolute Gasteiger partial charge is 0.245 e. The van der Waals surface area contributed by atoms with Gasteiger partial charge >= 0.3 is 0 Å². The number of hydroxylamine groups is 2. The highest BCUT2D eigenvalue weighted by molar-refractivity contribution is 5.74. The summed E-state index contributed by atoms with van der Waals surface area (Å²) in [6.07, 6.45) is 12.5. The molecule has 0 aromatic heterocycles. The fraction of sp³-hybridized carbons (Fsp3) is 0.941. The van der Waals surface area contributed by atoms with Crippen molar-refractivity contribution in [2.75, 3.05) is 27.2 Å². The molecular weight excluding hydrogens is 264 g/mol. The maximum Gasteiger partial charge on any atom is 0.245 e. The van der Waals surface area contributed by atoms with Crippen LogP contribution in [0, 0.1) is 0 Å². The Bertz CT molecular complexity index is 245. The first kappa shape index (κ1) is 20.4. The molecule has 0 saturated carbocycles. The quantitative estimate of drug-likeness (QED) is 0.299. The molecule has 0 heterocycles. The number of nitrogens with zero attached hydrogens (tertiary/aromatic N) is 2. The second kappa shape index (κ2) is 14.3. The molecule has 0 aromatic rings.